The lowest BCUT2D eigenvalue weighted by molar-refractivity contribution is -0.112. The molecule has 108 valence electrons. The first-order chi connectivity index (χ1) is 10.2. The van der Waals surface area contributed by atoms with Gasteiger partial charge in [-0.05, 0) is 31.2 Å². The number of ether oxygens (including phenoxy) is 2. The second-order valence-electron chi connectivity index (χ2n) is 4.42. The predicted molar refractivity (Wildman–Crippen MR) is 82.5 cm³/mol. The van der Waals surface area contributed by atoms with Gasteiger partial charge in [-0.3, -0.25) is 4.79 Å². The van der Waals surface area contributed by atoms with E-state index < -0.39 is 0 Å². The molecule has 0 saturated heterocycles. The van der Waals surface area contributed by atoms with Gasteiger partial charge in [0, 0.05) is 17.3 Å². The van der Waals surface area contributed by atoms with Gasteiger partial charge in [0.15, 0.2) is 0 Å². The van der Waals surface area contributed by atoms with Crippen molar-refractivity contribution in [1.29, 1.82) is 0 Å². The summed E-state index contributed by atoms with van der Waals surface area (Å²) in [5, 5.41) is 2.79. The van der Waals surface area contributed by atoms with Crippen LogP contribution in [0, 0.1) is 0 Å². The van der Waals surface area contributed by atoms with E-state index in [-0.39, 0.29) is 5.91 Å². The number of para-hydroxylation sites is 1. The lowest BCUT2D eigenvalue weighted by atomic mass is 10.2. The lowest BCUT2D eigenvalue weighted by Gasteiger charge is -2.06. The molecule has 2 aromatic rings. The lowest BCUT2D eigenvalue weighted by Crippen LogP contribution is -2.13. The van der Waals surface area contributed by atoms with Gasteiger partial charge in [-0.15, -0.1) is 0 Å². The van der Waals surface area contributed by atoms with Crippen LogP contribution in [0.4, 0.5) is 5.69 Å². The smallest absolute Gasteiger partial charge is 0.254 e. The highest BCUT2D eigenvalue weighted by Crippen LogP contribution is 2.19. The Balaban J connectivity index is 1.98. The summed E-state index contributed by atoms with van der Waals surface area (Å²) >= 11 is 0. The van der Waals surface area contributed by atoms with Crippen molar-refractivity contribution < 1.29 is 14.3 Å². The van der Waals surface area contributed by atoms with Gasteiger partial charge in [0.25, 0.3) is 5.91 Å². The highest BCUT2D eigenvalue weighted by molar-refractivity contribution is 6.03. The van der Waals surface area contributed by atoms with Crippen LogP contribution in [0.3, 0.4) is 0 Å². The van der Waals surface area contributed by atoms with Gasteiger partial charge < -0.3 is 14.8 Å². The maximum absolute atomic E-state index is 12.0. The van der Waals surface area contributed by atoms with Gasteiger partial charge in [-0.2, -0.15) is 0 Å². The molecule has 1 amide bonds. The third-order valence-corrected chi connectivity index (χ3v) is 2.80. The monoisotopic (exact) mass is 283 g/mol. The van der Waals surface area contributed by atoms with Crippen LogP contribution in [0.2, 0.25) is 0 Å². The zero-order valence-corrected chi connectivity index (χ0v) is 12.0. The fraction of sp³-hybridized carbons (Fsp3) is 0.118. The molecule has 2 rings (SSSR count). The third kappa shape index (κ3) is 4.38. The molecule has 0 heterocycles. The minimum absolute atomic E-state index is 0.205. The van der Waals surface area contributed by atoms with Crippen molar-refractivity contribution in [2.75, 3.05) is 12.4 Å². The van der Waals surface area contributed by atoms with Gasteiger partial charge >= 0.3 is 0 Å². The molecule has 0 radical (unpaired) electrons. The SMILES string of the molecule is COc1cccc(OC=C(C)C(=O)Nc2ccccc2)c1. The maximum atomic E-state index is 12.0. The number of nitrogens with one attached hydrogen (secondary N) is 1. The summed E-state index contributed by atoms with van der Waals surface area (Å²) in [5.74, 6) is 1.11. The van der Waals surface area contributed by atoms with E-state index >= 15 is 0 Å². The molecule has 0 aliphatic carbocycles. The average Bonchev–Trinajstić information content (AvgIpc) is 2.53. The molecule has 0 bridgehead atoms. The molecule has 2 aromatic carbocycles. The van der Waals surface area contributed by atoms with Crippen molar-refractivity contribution in [3.63, 3.8) is 0 Å². The number of hydrogen-bond acceptors (Lipinski definition) is 3. The topological polar surface area (TPSA) is 47.6 Å². The molecule has 0 atom stereocenters. The Bertz CT molecular complexity index is 635. The number of hydrogen-bond donors (Lipinski definition) is 1. The Morgan fingerprint density at radius 1 is 1.05 bits per heavy atom. The van der Waals surface area contributed by atoms with Crippen LogP contribution in [0.25, 0.3) is 0 Å². The van der Waals surface area contributed by atoms with E-state index in [1.165, 1.54) is 6.26 Å². The summed E-state index contributed by atoms with van der Waals surface area (Å²) in [6, 6.07) is 16.5. The van der Waals surface area contributed by atoms with Crippen LogP contribution in [0.5, 0.6) is 11.5 Å². The van der Waals surface area contributed by atoms with Crippen LogP contribution >= 0.6 is 0 Å². The Morgan fingerprint density at radius 3 is 2.48 bits per heavy atom. The highest BCUT2D eigenvalue weighted by Gasteiger charge is 2.05. The van der Waals surface area contributed by atoms with Crippen molar-refractivity contribution in [2.24, 2.45) is 0 Å². The van der Waals surface area contributed by atoms with Crippen molar-refractivity contribution in [3.05, 3.63) is 66.4 Å². The minimum Gasteiger partial charge on any atom is -0.497 e. The standard InChI is InChI=1S/C17H17NO3/c1-13(17(19)18-14-7-4-3-5-8-14)12-21-16-10-6-9-15(11-16)20-2/h3-12H,1-2H3,(H,18,19). The number of carbonyl (C=O) groups is 1. The zero-order valence-electron chi connectivity index (χ0n) is 12.0. The van der Waals surface area contributed by atoms with E-state index in [0.29, 0.717) is 17.1 Å². The van der Waals surface area contributed by atoms with Gasteiger partial charge in [0.05, 0.1) is 13.4 Å². The van der Waals surface area contributed by atoms with Crippen molar-refractivity contribution in [2.45, 2.75) is 6.92 Å². The van der Waals surface area contributed by atoms with E-state index in [2.05, 4.69) is 5.32 Å². The van der Waals surface area contributed by atoms with Crippen LogP contribution in [0.1, 0.15) is 6.92 Å². The van der Waals surface area contributed by atoms with E-state index in [1.54, 1.807) is 26.2 Å². The minimum atomic E-state index is -0.205. The summed E-state index contributed by atoms with van der Waals surface area (Å²) in [6.07, 6.45) is 1.42. The van der Waals surface area contributed by atoms with Crippen LogP contribution in [-0.4, -0.2) is 13.0 Å². The first-order valence-corrected chi connectivity index (χ1v) is 6.53. The zero-order chi connectivity index (χ0) is 15.1. The first-order valence-electron chi connectivity index (χ1n) is 6.53. The normalized spacial score (nSPS) is 10.9. The molecule has 4 heteroatoms. The van der Waals surface area contributed by atoms with Gasteiger partial charge in [0.2, 0.25) is 0 Å². The van der Waals surface area contributed by atoms with E-state index in [1.807, 2.05) is 42.5 Å². The quantitative estimate of drug-likeness (QED) is 0.673. The Hall–Kier alpha value is -2.75. The van der Waals surface area contributed by atoms with Crippen molar-refractivity contribution >= 4 is 11.6 Å². The fourth-order valence-corrected chi connectivity index (χ4v) is 1.64. The molecule has 0 spiro atoms. The predicted octanol–water partition coefficient (Wildman–Crippen LogP) is 3.62. The second-order valence-corrected chi connectivity index (χ2v) is 4.42. The van der Waals surface area contributed by atoms with Crippen molar-refractivity contribution in [1.82, 2.24) is 0 Å². The highest BCUT2D eigenvalue weighted by atomic mass is 16.5. The molecule has 0 unspecified atom stereocenters. The summed E-state index contributed by atoms with van der Waals surface area (Å²) in [6.45, 7) is 1.69. The molecule has 0 aliphatic rings. The second kappa shape index (κ2) is 7.14. The molecule has 0 aromatic heterocycles. The summed E-state index contributed by atoms with van der Waals surface area (Å²) in [5.41, 5.74) is 1.22. The number of rotatable bonds is 5. The third-order valence-electron chi connectivity index (χ3n) is 2.80. The van der Waals surface area contributed by atoms with E-state index in [9.17, 15) is 4.79 Å². The van der Waals surface area contributed by atoms with Gasteiger partial charge in [-0.25, -0.2) is 0 Å². The Kier molecular flexibility index (Phi) is 4.99. The van der Waals surface area contributed by atoms with Gasteiger partial charge in [0.1, 0.15) is 11.5 Å². The van der Waals surface area contributed by atoms with Crippen LogP contribution in [-0.2, 0) is 4.79 Å². The van der Waals surface area contributed by atoms with Crippen molar-refractivity contribution in [3.8, 4) is 11.5 Å². The number of benzene rings is 2. The Morgan fingerprint density at radius 2 is 1.76 bits per heavy atom. The number of methoxy groups -OCH3 is 1. The number of carbonyl (C=O) groups excluding carboxylic acids is 1. The summed E-state index contributed by atoms with van der Waals surface area (Å²) < 4.78 is 10.6. The molecular weight excluding hydrogens is 266 g/mol. The average molecular weight is 283 g/mol. The molecular formula is C17H17NO3. The molecule has 0 fully saturated rings. The molecule has 1 N–H and O–H groups in total. The first kappa shape index (κ1) is 14.7. The number of anilines is 1. The van der Waals surface area contributed by atoms with Gasteiger partial charge in [-0.1, -0.05) is 24.3 Å². The molecule has 0 aliphatic heterocycles. The molecule has 4 nitrogen and oxygen atoms in total. The fourth-order valence-electron chi connectivity index (χ4n) is 1.64. The Labute approximate surface area is 124 Å². The van der Waals surface area contributed by atoms with Crippen LogP contribution in [0.15, 0.2) is 66.4 Å². The number of amides is 1. The molecule has 0 saturated carbocycles. The summed E-state index contributed by atoms with van der Waals surface area (Å²) in [4.78, 5) is 12.0. The molecule has 21 heavy (non-hydrogen) atoms. The van der Waals surface area contributed by atoms with E-state index in [4.69, 9.17) is 9.47 Å². The largest absolute Gasteiger partial charge is 0.497 e. The van der Waals surface area contributed by atoms with E-state index in [0.717, 1.165) is 5.69 Å². The summed E-state index contributed by atoms with van der Waals surface area (Å²) in [7, 11) is 1.59. The maximum Gasteiger partial charge on any atom is 0.254 e. The van der Waals surface area contributed by atoms with Crippen LogP contribution < -0.4 is 14.8 Å².